The Morgan fingerprint density at radius 2 is 2.21 bits per heavy atom. The highest BCUT2D eigenvalue weighted by atomic mass is 19.1. The zero-order valence-electron chi connectivity index (χ0n) is 13.2. The number of anilines is 1. The number of carbonyl (C=O) groups is 1. The average molecular weight is 330 g/mol. The van der Waals surface area contributed by atoms with Crippen LogP contribution in [0.25, 0.3) is 0 Å². The minimum atomic E-state index is -0.345. The Morgan fingerprint density at radius 1 is 1.33 bits per heavy atom. The Balaban J connectivity index is 1.73. The largest absolute Gasteiger partial charge is 0.381 e. The minimum absolute atomic E-state index is 0.106. The first-order valence-electron chi connectivity index (χ1n) is 7.95. The lowest BCUT2D eigenvalue weighted by Crippen LogP contribution is -2.30. The molecular weight excluding hydrogens is 311 g/mol. The van der Waals surface area contributed by atoms with Crippen molar-refractivity contribution in [2.75, 3.05) is 18.5 Å². The maximum Gasteiger partial charge on any atom is 0.250 e. The molecule has 1 aliphatic rings. The summed E-state index contributed by atoms with van der Waals surface area (Å²) in [6.07, 6.45) is 3.25. The van der Waals surface area contributed by atoms with Gasteiger partial charge < -0.3 is 14.6 Å². The molecule has 24 heavy (non-hydrogen) atoms. The van der Waals surface area contributed by atoms with Gasteiger partial charge in [0, 0.05) is 18.9 Å². The van der Waals surface area contributed by atoms with E-state index in [0.717, 1.165) is 12.8 Å². The van der Waals surface area contributed by atoms with Crippen LogP contribution in [0.3, 0.4) is 0 Å². The Morgan fingerprint density at radius 3 is 2.96 bits per heavy atom. The molecule has 1 fully saturated rings. The minimum Gasteiger partial charge on any atom is -0.381 e. The van der Waals surface area contributed by atoms with Gasteiger partial charge in [-0.25, -0.2) is 4.39 Å². The van der Waals surface area contributed by atoms with Crippen molar-refractivity contribution in [3.8, 4) is 0 Å². The van der Waals surface area contributed by atoms with Crippen molar-refractivity contribution in [1.82, 2.24) is 4.57 Å². The fourth-order valence-electron chi connectivity index (χ4n) is 2.75. The second kappa shape index (κ2) is 7.40. The SMILES string of the molecule is O=C(Nc1ccc(=O)n(Cc2cccc(F)c2)c1)C1CCCOC1. The average Bonchev–Trinajstić information content (AvgIpc) is 2.59. The van der Waals surface area contributed by atoms with Gasteiger partial charge in [-0.15, -0.1) is 0 Å². The molecule has 0 radical (unpaired) electrons. The topological polar surface area (TPSA) is 60.3 Å². The van der Waals surface area contributed by atoms with Crippen LogP contribution >= 0.6 is 0 Å². The maximum absolute atomic E-state index is 13.3. The number of pyridine rings is 1. The molecule has 0 spiro atoms. The number of hydrogen-bond donors (Lipinski definition) is 1. The molecule has 1 aromatic heterocycles. The maximum atomic E-state index is 13.3. The first-order valence-corrected chi connectivity index (χ1v) is 7.95. The van der Waals surface area contributed by atoms with Gasteiger partial charge in [0.05, 0.1) is 24.8 Å². The third-order valence-corrected chi connectivity index (χ3v) is 4.02. The Bertz CT molecular complexity index is 782. The summed E-state index contributed by atoms with van der Waals surface area (Å²) in [7, 11) is 0. The van der Waals surface area contributed by atoms with Gasteiger partial charge >= 0.3 is 0 Å². The number of benzene rings is 1. The Labute approximate surface area is 139 Å². The lowest BCUT2D eigenvalue weighted by molar-refractivity contribution is -0.123. The zero-order valence-corrected chi connectivity index (χ0v) is 13.2. The van der Waals surface area contributed by atoms with Gasteiger partial charge in [-0.2, -0.15) is 0 Å². The van der Waals surface area contributed by atoms with E-state index in [4.69, 9.17) is 4.74 Å². The van der Waals surface area contributed by atoms with Crippen molar-refractivity contribution < 1.29 is 13.9 Å². The lowest BCUT2D eigenvalue weighted by Gasteiger charge is -2.21. The standard InChI is InChI=1S/C18H19FN2O3/c19-15-5-1-3-13(9-15)10-21-11-16(6-7-17(21)22)20-18(23)14-4-2-8-24-12-14/h1,3,5-7,9,11,14H,2,4,8,10,12H2,(H,20,23). The highest BCUT2D eigenvalue weighted by molar-refractivity contribution is 5.92. The quantitative estimate of drug-likeness (QED) is 0.936. The van der Waals surface area contributed by atoms with Crippen LogP contribution in [0.4, 0.5) is 10.1 Å². The summed E-state index contributed by atoms with van der Waals surface area (Å²) in [5, 5.41) is 2.82. The van der Waals surface area contributed by atoms with Gasteiger partial charge in [0.2, 0.25) is 5.91 Å². The lowest BCUT2D eigenvalue weighted by atomic mass is 10.0. The molecule has 0 saturated carbocycles. The predicted octanol–water partition coefficient (Wildman–Crippen LogP) is 2.40. The molecule has 126 valence electrons. The van der Waals surface area contributed by atoms with E-state index in [9.17, 15) is 14.0 Å². The zero-order chi connectivity index (χ0) is 16.9. The van der Waals surface area contributed by atoms with Crippen molar-refractivity contribution in [2.45, 2.75) is 19.4 Å². The van der Waals surface area contributed by atoms with Gasteiger partial charge in [-0.05, 0) is 36.6 Å². The molecule has 1 aromatic carbocycles. The number of nitrogens with one attached hydrogen (secondary N) is 1. The van der Waals surface area contributed by atoms with Gasteiger partial charge in [0.15, 0.2) is 0 Å². The molecule has 1 amide bonds. The van der Waals surface area contributed by atoms with Gasteiger partial charge in [0.25, 0.3) is 5.56 Å². The molecule has 1 saturated heterocycles. The van der Waals surface area contributed by atoms with E-state index < -0.39 is 0 Å². The number of halogens is 1. The van der Waals surface area contributed by atoms with E-state index in [0.29, 0.717) is 24.5 Å². The third-order valence-electron chi connectivity index (χ3n) is 4.02. The van der Waals surface area contributed by atoms with Crippen molar-refractivity contribution in [2.24, 2.45) is 5.92 Å². The summed E-state index contributed by atoms with van der Waals surface area (Å²) in [5.41, 5.74) is 1.01. The third kappa shape index (κ3) is 4.08. The molecule has 1 atom stereocenters. The molecule has 2 aromatic rings. The first-order chi connectivity index (χ1) is 11.6. The van der Waals surface area contributed by atoms with Gasteiger partial charge in [-0.3, -0.25) is 9.59 Å². The molecule has 5 nitrogen and oxygen atoms in total. The number of amides is 1. The first kappa shape index (κ1) is 16.4. The van der Waals surface area contributed by atoms with Crippen LogP contribution in [0, 0.1) is 11.7 Å². The molecule has 3 rings (SSSR count). The predicted molar refractivity (Wildman–Crippen MR) is 88.4 cm³/mol. The number of rotatable bonds is 4. The second-order valence-electron chi connectivity index (χ2n) is 5.92. The van der Waals surface area contributed by atoms with Crippen molar-refractivity contribution >= 4 is 11.6 Å². The highest BCUT2D eigenvalue weighted by Gasteiger charge is 2.21. The number of ether oxygens (including phenoxy) is 1. The molecule has 1 unspecified atom stereocenters. The molecular formula is C18H19FN2O3. The molecule has 2 heterocycles. The van der Waals surface area contributed by atoms with Crippen LogP contribution in [0.5, 0.6) is 0 Å². The summed E-state index contributed by atoms with van der Waals surface area (Å²) < 4.78 is 20.0. The van der Waals surface area contributed by atoms with Crippen LogP contribution in [0.1, 0.15) is 18.4 Å². The van der Waals surface area contributed by atoms with Crippen molar-refractivity contribution in [3.63, 3.8) is 0 Å². The van der Waals surface area contributed by atoms with E-state index in [1.807, 2.05) is 0 Å². The van der Waals surface area contributed by atoms with E-state index in [2.05, 4.69) is 5.32 Å². The number of aromatic nitrogens is 1. The molecule has 0 bridgehead atoms. The number of nitrogens with zero attached hydrogens (tertiary/aromatic N) is 1. The summed E-state index contributed by atoms with van der Waals surface area (Å²) in [6, 6.07) is 9.06. The second-order valence-corrected chi connectivity index (χ2v) is 5.92. The van der Waals surface area contributed by atoms with E-state index >= 15 is 0 Å². The summed E-state index contributed by atoms with van der Waals surface area (Å²) in [6.45, 7) is 1.36. The molecule has 1 N–H and O–H groups in total. The highest BCUT2D eigenvalue weighted by Crippen LogP contribution is 2.16. The Kier molecular flexibility index (Phi) is 5.05. The van der Waals surface area contributed by atoms with E-state index in [1.54, 1.807) is 24.4 Å². The van der Waals surface area contributed by atoms with E-state index in [1.165, 1.54) is 22.8 Å². The number of hydrogen-bond acceptors (Lipinski definition) is 3. The van der Waals surface area contributed by atoms with Crippen LogP contribution in [-0.4, -0.2) is 23.7 Å². The summed E-state index contributed by atoms with van der Waals surface area (Å²) >= 11 is 0. The molecule has 0 aliphatic carbocycles. The fraction of sp³-hybridized carbons (Fsp3) is 0.333. The Hall–Kier alpha value is -2.47. The van der Waals surface area contributed by atoms with Crippen molar-refractivity contribution in [3.05, 3.63) is 64.3 Å². The van der Waals surface area contributed by atoms with Crippen LogP contribution in [0.15, 0.2) is 47.4 Å². The monoisotopic (exact) mass is 330 g/mol. The van der Waals surface area contributed by atoms with Crippen LogP contribution in [0.2, 0.25) is 0 Å². The summed E-state index contributed by atoms with van der Waals surface area (Å²) in [5.74, 6) is -0.615. The van der Waals surface area contributed by atoms with Gasteiger partial charge in [-0.1, -0.05) is 12.1 Å². The van der Waals surface area contributed by atoms with Gasteiger partial charge in [0.1, 0.15) is 5.82 Å². The normalized spacial score (nSPS) is 17.5. The van der Waals surface area contributed by atoms with E-state index in [-0.39, 0.29) is 29.7 Å². The fourth-order valence-corrected chi connectivity index (χ4v) is 2.75. The smallest absolute Gasteiger partial charge is 0.250 e. The molecule has 1 aliphatic heterocycles. The number of carbonyl (C=O) groups excluding carboxylic acids is 1. The van der Waals surface area contributed by atoms with Crippen molar-refractivity contribution in [1.29, 1.82) is 0 Å². The summed E-state index contributed by atoms with van der Waals surface area (Å²) in [4.78, 5) is 24.2. The van der Waals surface area contributed by atoms with Crippen LogP contribution in [-0.2, 0) is 16.1 Å². The molecule has 6 heteroatoms. The van der Waals surface area contributed by atoms with Crippen LogP contribution < -0.4 is 10.9 Å².